The van der Waals surface area contributed by atoms with Crippen molar-refractivity contribution >= 4 is 11.6 Å². The molecule has 0 saturated carbocycles. The van der Waals surface area contributed by atoms with Crippen LogP contribution in [0.5, 0.6) is 0 Å². The molecule has 114 valence electrons. The molecule has 5 N–H and O–H groups in total. The highest BCUT2D eigenvalue weighted by Gasteiger charge is 2.20. The van der Waals surface area contributed by atoms with E-state index in [1.807, 2.05) is 6.92 Å². The Morgan fingerprint density at radius 1 is 1.25 bits per heavy atom. The Balaban J connectivity index is 2.88. The number of nitrogens with zero attached hydrogens (tertiary/aromatic N) is 2. The molecule has 20 heavy (non-hydrogen) atoms. The monoisotopic (exact) mass is 281 g/mol. The zero-order valence-electron chi connectivity index (χ0n) is 13.1. The first-order chi connectivity index (χ1) is 9.25. The molecule has 0 radical (unpaired) electrons. The van der Waals surface area contributed by atoms with Gasteiger partial charge in [-0.1, -0.05) is 20.8 Å². The van der Waals surface area contributed by atoms with Crippen molar-refractivity contribution in [2.75, 3.05) is 17.3 Å². The molecule has 0 saturated heterocycles. The molecule has 1 heterocycles. The van der Waals surface area contributed by atoms with Crippen molar-refractivity contribution in [2.24, 2.45) is 5.84 Å². The molecule has 0 aromatic carbocycles. The minimum atomic E-state index is -0.269. The van der Waals surface area contributed by atoms with E-state index in [-0.39, 0.29) is 11.5 Å². The van der Waals surface area contributed by atoms with Crippen LogP contribution in [-0.2, 0) is 5.41 Å². The van der Waals surface area contributed by atoms with Crippen molar-refractivity contribution in [3.05, 3.63) is 11.4 Å². The third-order valence-electron chi connectivity index (χ3n) is 3.04. The maximum absolute atomic E-state index is 9.26. The van der Waals surface area contributed by atoms with Gasteiger partial charge in [0.15, 0.2) is 0 Å². The van der Waals surface area contributed by atoms with E-state index >= 15 is 0 Å². The first-order valence-corrected chi connectivity index (χ1v) is 7.03. The van der Waals surface area contributed by atoms with Gasteiger partial charge in [-0.25, -0.2) is 15.8 Å². The maximum Gasteiger partial charge on any atom is 0.148 e. The number of anilines is 2. The topological polar surface area (TPSA) is 96.1 Å². The molecule has 0 bridgehead atoms. The largest absolute Gasteiger partial charge is 0.393 e. The number of nitrogens with two attached hydrogens (primary N) is 1. The van der Waals surface area contributed by atoms with Crippen molar-refractivity contribution < 1.29 is 5.11 Å². The molecule has 0 aliphatic heterocycles. The smallest absolute Gasteiger partial charge is 0.148 e. The lowest BCUT2D eigenvalue weighted by atomic mass is 9.95. The second-order valence-corrected chi connectivity index (χ2v) is 6.18. The van der Waals surface area contributed by atoms with Crippen LogP contribution in [0.15, 0.2) is 0 Å². The lowest BCUT2D eigenvalue weighted by molar-refractivity contribution is 0.183. The first-order valence-electron chi connectivity index (χ1n) is 7.03. The van der Waals surface area contributed by atoms with Gasteiger partial charge in [-0.2, -0.15) is 0 Å². The van der Waals surface area contributed by atoms with Crippen molar-refractivity contribution in [3.63, 3.8) is 0 Å². The summed E-state index contributed by atoms with van der Waals surface area (Å²) in [5, 5.41) is 12.6. The summed E-state index contributed by atoms with van der Waals surface area (Å²) >= 11 is 0. The molecule has 0 amide bonds. The average Bonchev–Trinajstić information content (AvgIpc) is 2.34. The fourth-order valence-corrected chi connectivity index (χ4v) is 1.77. The fraction of sp³-hybridized carbons (Fsp3) is 0.714. The molecule has 1 atom stereocenters. The Kier molecular flexibility index (Phi) is 5.71. The fourth-order valence-electron chi connectivity index (χ4n) is 1.77. The Morgan fingerprint density at radius 2 is 1.85 bits per heavy atom. The molecule has 0 spiro atoms. The third kappa shape index (κ3) is 4.61. The summed E-state index contributed by atoms with van der Waals surface area (Å²) in [5.74, 6) is 7.71. The summed E-state index contributed by atoms with van der Waals surface area (Å²) in [6.45, 7) is 10.7. The van der Waals surface area contributed by atoms with Gasteiger partial charge >= 0.3 is 0 Å². The molecule has 6 heteroatoms. The van der Waals surface area contributed by atoms with Gasteiger partial charge in [-0.3, -0.25) is 0 Å². The average molecular weight is 281 g/mol. The second kappa shape index (κ2) is 6.85. The summed E-state index contributed by atoms with van der Waals surface area (Å²) in [6.07, 6.45) is 1.39. The zero-order chi connectivity index (χ0) is 15.3. The van der Waals surface area contributed by atoms with Crippen LogP contribution >= 0.6 is 0 Å². The molecule has 1 rings (SSSR count). The second-order valence-electron chi connectivity index (χ2n) is 6.18. The van der Waals surface area contributed by atoms with Crippen LogP contribution < -0.4 is 16.6 Å². The van der Waals surface area contributed by atoms with Gasteiger partial charge in [0.25, 0.3) is 0 Å². The molecule has 6 nitrogen and oxygen atoms in total. The number of aromatic nitrogens is 2. The van der Waals surface area contributed by atoms with Gasteiger partial charge in [0, 0.05) is 17.5 Å². The lowest BCUT2D eigenvalue weighted by Gasteiger charge is -2.20. The molecule has 1 aromatic heterocycles. The molecule has 1 unspecified atom stereocenters. The summed E-state index contributed by atoms with van der Waals surface area (Å²) in [7, 11) is 0. The van der Waals surface area contributed by atoms with E-state index in [0.29, 0.717) is 5.82 Å². The van der Waals surface area contributed by atoms with E-state index < -0.39 is 0 Å². The van der Waals surface area contributed by atoms with Crippen molar-refractivity contribution in [1.82, 2.24) is 9.97 Å². The van der Waals surface area contributed by atoms with Crippen LogP contribution in [0.1, 0.15) is 51.9 Å². The number of aliphatic hydroxyl groups excluding tert-OH is 1. The lowest BCUT2D eigenvalue weighted by Crippen LogP contribution is -2.21. The number of hydrogen-bond acceptors (Lipinski definition) is 6. The molecule has 0 aliphatic rings. The summed E-state index contributed by atoms with van der Waals surface area (Å²) in [6, 6.07) is 0. The minimum absolute atomic E-state index is 0.144. The number of nitrogens with one attached hydrogen (secondary N) is 2. The summed E-state index contributed by atoms with van der Waals surface area (Å²) in [4.78, 5) is 9.04. The van der Waals surface area contributed by atoms with Gasteiger partial charge in [-0.15, -0.1) is 0 Å². The Hall–Kier alpha value is -1.40. The Labute approximate surface area is 121 Å². The number of hydrazine groups is 1. The van der Waals surface area contributed by atoms with Crippen LogP contribution in [0.3, 0.4) is 0 Å². The highest BCUT2D eigenvalue weighted by atomic mass is 16.3. The molecule has 0 fully saturated rings. The standard InChI is InChI=1S/C14H27N5O/c1-9(20)7-6-8-16-11-10(2)12(19-15)18-13(17-11)14(3,4)5/h9,20H,6-8,15H2,1-5H3,(H2,16,17,18,19). The predicted molar refractivity (Wildman–Crippen MR) is 82.7 cm³/mol. The molecule has 0 aliphatic carbocycles. The highest BCUT2D eigenvalue weighted by Crippen LogP contribution is 2.25. The Morgan fingerprint density at radius 3 is 2.35 bits per heavy atom. The van der Waals surface area contributed by atoms with E-state index in [0.717, 1.165) is 36.6 Å². The number of rotatable bonds is 6. The van der Waals surface area contributed by atoms with Gasteiger partial charge in [0.1, 0.15) is 17.5 Å². The van der Waals surface area contributed by atoms with Gasteiger partial charge in [-0.05, 0) is 26.7 Å². The van der Waals surface area contributed by atoms with E-state index in [1.165, 1.54) is 0 Å². The highest BCUT2D eigenvalue weighted by molar-refractivity contribution is 5.57. The maximum atomic E-state index is 9.26. The molecular formula is C14H27N5O. The normalized spacial score (nSPS) is 13.2. The third-order valence-corrected chi connectivity index (χ3v) is 3.04. The van der Waals surface area contributed by atoms with Crippen LogP contribution in [0.25, 0.3) is 0 Å². The number of hydrogen-bond donors (Lipinski definition) is 4. The SMILES string of the molecule is Cc1c(NN)nc(C(C)(C)C)nc1NCCCC(C)O. The Bertz CT molecular complexity index is 440. The van der Waals surface area contributed by atoms with E-state index in [9.17, 15) is 5.11 Å². The van der Waals surface area contributed by atoms with Crippen molar-refractivity contribution in [2.45, 2.75) is 59.0 Å². The van der Waals surface area contributed by atoms with Gasteiger partial charge in [0.05, 0.1) is 6.10 Å². The van der Waals surface area contributed by atoms with Gasteiger partial charge < -0.3 is 15.8 Å². The van der Waals surface area contributed by atoms with E-state index in [4.69, 9.17) is 5.84 Å². The van der Waals surface area contributed by atoms with Crippen LogP contribution in [0.4, 0.5) is 11.6 Å². The van der Waals surface area contributed by atoms with Crippen LogP contribution in [0, 0.1) is 6.92 Å². The van der Waals surface area contributed by atoms with E-state index in [2.05, 4.69) is 41.5 Å². The molecule has 1 aromatic rings. The van der Waals surface area contributed by atoms with Crippen molar-refractivity contribution in [1.29, 1.82) is 0 Å². The first kappa shape index (κ1) is 16.7. The van der Waals surface area contributed by atoms with Gasteiger partial charge in [0.2, 0.25) is 0 Å². The van der Waals surface area contributed by atoms with E-state index in [1.54, 1.807) is 6.92 Å². The summed E-state index contributed by atoms with van der Waals surface area (Å²) in [5.41, 5.74) is 3.38. The predicted octanol–water partition coefficient (Wildman–Crippen LogP) is 1.94. The number of nitrogen functional groups attached to an aromatic ring is 1. The van der Waals surface area contributed by atoms with Crippen LogP contribution in [0.2, 0.25) is 0 Å². The summed E-state index contributed by atoms with van der Waals surface area (Å²) < 4.78 is 0. The minimum Gasteiger partial charge on any atom is -0.393 e. The van der Waals surface area contributed by atoms with Crippen LogP contribution in [-0.4, -0.2) is 27.7 Å². The number of aliphatic hydroxyl groups is 1. The quantitative estimate of drug-likeness (QED) is 0.361. The zero-order valence-corrected chi connectivity index (χ0v) is 13.1. The van der Waals surface area contributed by atoms with Crippen molar-refractivity contribution in [3.8, 4) is 0 Å². The molecular weight excluding hydrogens is 254 g/mol.